The summed E-state index contributed by atoms with van der Waals surface area (Å²) in [6.07, 6.45) is 3.40. The minimum Gasteiger partial charge on any atom is -0.486 e. The number of nitrogens with zero attached hydrogens (tertiary/aromatic N) is 2. The Labute approximate surface area is 103 Å². The highest BCUT2D eigenvalue weighted by atomic mass is 19.1. The predicted octanol–water partition coefficient (Wildman–Crippen LogP) is 2.34. The van der Waals surface area contributed by atoms with E-state index in [0.29, 0.717) is 0 Å². The van der Waals surface area contributed by atoms with Gasteiger partial charge in [-0.15, -0.1) is 0 Å². The van der Waals surface area contributed by atoms with Crippen molar-refractivity contribution in [1.29, 1.82) is 0 Å². The van der Waals surface area contributed by atoms with E-state index in [9.17, 15) is 8.78 Å². The second-order valence-corrected chi connectivity index (χ2v) is 3.80. The summed E-state index contributed by atoms with van der Waals surface area (Å²) in [6.45, 7) is 2.82. The Balaban J connectivity index is 2.08. The van der Waals surface area contributed by atoms with Crippen LogP contribution in [0.5, 0.6) is 5.75 Å². The van der Waals surface area contributed by atoms with E-state index in [1.54, 1.807) is 17.1 Å². The molecule has 0 aliphatic heterocycles. The Morgan fingerprint density at radius 1 is 1.33 bits per heavy atom. The largest absolute Gasteiger partial charge is 0.486 e. The number of halogens is 2. The van der Waals surface area contributed by atoms with E-state index < -0.39 is 11.6 Å². The lowest BCUT2D eigenvalue weighted by Gasteiger charge is -2.07. The first kappa shape index (κ1) is 12.3. The van der Waals surface area contributed by atoms with Crippen molar-refractivity contribution in [2.24, 2.45) is 0 Å². The van der Waals surface area contributed by atoms with Crippen molar-refractivity contribution in [1.82, 2.24) is 9.78 Å². The molecule has 1 heterocycles. The normalized spacial score (nSPS) is 10.6. The molecule has 18 heavy (non-hydrogen) atoms. The average molecular weight is 253 g/mol. The van der Waals surface area contributed by atoms with Gasteiger partial charge >= 0.3 is 0 Å². The van der Waals surface area contributed by atoms with Crippen LogP contribution in [0, 0.1) is 11.6 Å². The van der Waals surface area contributed by atoms with Gasteiger partial charge in [0.2, 0.25) is 0 Å². The molecular formula is C12H13F2N3O. The van der Waals surface area contributed by atoms with Crippen LogP contribution in [0.2, 0.25) is 0 Å². The molecule has 0 bridgehead atoms. The van der Waals surface area contributed by atoms with E-state index in [0.717, 1.165) is 24.2 Å². The van der Waals surface area contributed by atoms with E-state index in [2.05, 4.69) is 5.10 Å². The molecule has 0 unspecified atom stereocenters. The molecule has 0 spiro atoms. The molecule has 2 aromatic rings. The molecular weight excluding hydrogens is 240 g/mol. The molecule has 0 radical (unpaired) electrons. The fourth-order valence-corrected chi connectivity index (χ4v) is 1.47. The fourth-order valence-electron chi connectivity index (χ4n) is 1.47. The quantitative estimate of drug-likeness (QED) is 0.851. The molecule has 4 nitrogen and oxygen atoms in total. The third kappa shape index (κ3) is 2.58. The van der Waals surface area contributed by atoms with Gasteiger partial charge in [-0.3, -0.25) is 4.68 Å². The van der Waals surface area contributed by atoms with Crippen molar-refractivity contribution in [2.75, 3.05) is 5.73 Å². The summed E-state index contributed by atoms with van der Waals surface area (Å²) in [4.78, 5) is 0. The van der Waals surface area contributed by atoms with Gasteiger partial charge in [0, 0.05) is 30.4 Å². The van der Waals surface area contributed by atoms with Gasteiger partial charge in [-0.1, -0.05) is 0 Å². The highest BCUT2D eigenvalue weighted by Crippen LogP contribution is 2.23. The zero-order chi connectivity index (χ0) is 13.1. The number of ether oxygens (including phenoxy) is 1. The van der Waals surface area contributed by atoms with Crippen LogP contribution >= 0.6 is 0 Å². The van der Waals surface area contributed by atoms with Crippen LogP contribution in [0.25, 0.3) is 0 Å². The number of aromatic nitrogens is 2. The van der Waals surface area contributed by atoms with E-state index in [1.165, 1.54) is 0 Å². The van der Waals surface area contributed by atoms with Crippen LogP contribution in [0.1, 0.15) is 12.5 Å². The topological polar surface area (TPSA) is 53.1 Å². The summed E-state index contributed by atoms with van der Waals surface area (Å²) in [6, 6.07) is 1.84. The molecule has 1 aromatic carbocycles. The first-order valence-corrected chi connectivity index (χ1v) is 5.48. The van der Waals surface area contributed by atoms with Crippen molar-refractivity contribution < 1.29 is 13.5 Å². The number of aryl methyl sites for hydroxylation is 1. The Bertz CT molecular complexity index is 554. The molecule has 1 aromatic heterocycles. The number of nitrogens with two attached hydrogens (primary N) is 1. The van der Waals surface area contributed by atoms with Crippen molar-refractivity contribution >= 4 is 5.69 Å². The minimum absolute atomic E-state index is 0.125. The van der Waals surface area contributed by atoms with Gasteiger partial charge < -0.3 is 10.5 Å². The minimum atomic E-state index is -0.698. The van der Waals surface area contributed by atoms with Gasteiger partial charge in [-0.05, 0) is 6.92 Å². The maximum atomic E-state index is 13.4. The van der Waals surface area contributed by atoms with Crippen LogP contribution in [-0.4, -0.2) is 9.78 Å². The second kappa shape index (κ2) is 5.03. The van der Waals surface area contributed by atoms with Crippen LogP contribution in [0.3, 0.4) is 0 Å². The Morgan fingerprint density at radius 2 is 2.11 bits per heavy atom. The molecule has 0 amide bonds. The van der Waals surface area contributed by atoms with Gasteiger partial charge in [0.15, 0.2) is 11.6 Å². The summed E-state index contributed by atoms with van der Waals surface area (Å²) >= 11 is 0. The lowest BCUT2D eigenvalue weighted by Crippen LogP contribution is -2.00. The molecule has 0 atom stereocenters. The lowest BCUT2D eigenvalue weighted by atomic mass is 10.3. The highest BCUT2D eigenvalue weighted by molar-refractivity contribution is 5.44. The molecule has 96 valence electrons. The zero-order valence-corrected chi connectivity index (χ0v) is 9.86. The number of hydrogen-bond acceptors (Lipinski definition) is 3. The molecule has 6 heteroatoms. The molecule has 0 aliphatic rings. The number of hydrogen-bond donors (Lipinski definition) is 1. The summed E-state index contributed by atoms with van der Waals surface area (Å²) in [7, 11) is 0. The molecule has 0 saturated heterocycles. The molecule has 0 saturated carbocycles. The summed E-state index contributed by atoms with van der Waals surface area (Å²) in [5.74, 6) is -1.54. The van der Waals surface area contributed by atoms with Gasteiger partial charge in [0.1, 0.15) is 12.4 Å². The summed E-state index contributed by atoms with van der Waals surface area (Å²) < 4.78 is 33.5. The predicted molar refractivity (Wildman–Crippen MR) is 63.0 cm³/mol. The third-order valence-corrected chi connectivity index (χ3v) is 2.46. The second-order valence-electron chi connectivity index (χ2n) is 3.80. The van der Waals surface area contributed by atoms with Gasteiger partial charge in [-0.25, -0.2) is 8.78 Å². The van der Waals surface area contributed by atoms with Gasteiger partial charge in [0.05, 0.1) is 11.9 Å². The monoisotopic (exact) mass is 253 g/mol. The van der Waals surface area contributed by atoms with Crippen LogP contribution < -0.4 is 10.5 Å². The van der Waals surface area contributed by atoms with Crippen molar-refractivity contribution in [3.8, 4) is 5.75 Å². The number of rotatable bonds is 4. The standard InChI is InChI=1S/C12H13F2N3O/c1-2-17-6-8(5-16-17)7-18-12-4-9(13)11(15)3-10(12)14/h3-6H,2,7,15H2,1H3. The maximum Gasteiger partial charge on any atom is 0.167 e. The van der Waals surface area contributed by atoms with Crippen LogP contribution in [0.15, 0.2) is 24.5 Å². The van der Waals surface area contributed by atoms with E-state index in [1.807, 2.05) is 6.92 Å². The van der Waals surface area contributed by atoms with Crippen LogP contribution in [-0.2, 0) is 13.2 Å². The first-order chi connectivity index (χ1) is 8.60. The average Bonchev–Trinajstić information content (AvgIpc) is 2.80. The van der Waals surface area contributed by atoms with E-state index >= 15 is 0 Å². The number of anilines is 1. The Morgan fingerprint density at radius 3 is 2.78 bits per heavy atom. The first-order valence-electron chi connectivity index (χ1n) is 5.48. The van der Waals surface area contributed by atoms with Crippen molar-refractivity contribution in [3.05, 3.63) is 41.7 Å². The van der Waals surface area contributed by atoms with E-state index in [-0.39, 0.29) is 18.0 Å². The van der Waals surface area contributed by atoms with E-state index in [4.69, 9.17) is 10.5 Å². The highest BCUT2D eigenvalue weighted by Gasteiger charge is 2.09. The number of benzene rings is 1. The lowest BCUT2D eigenvalue weighted by molar-refractivity contribution is 0.288. The third-order valence-electron chi connectivity index (χ3n) is 2.46. The summed E-state index contributed by atoms with van der Waals surface area (Å²) in [5, 5.41) is 4.05. The van der Waals surface area contributed by atoms with Crippen molar-refractivity contribution in [3.63, 3.8) is 0 Å². The molecule has 0 aliphatic carbocycles. The molecule has 2 rings (SSSR count). The molecule has 0 fully saturated rings. The summed E-state index contributed by atoms with van der Waals surface area (Å²) in [5.41, 5.74) is 5.78. The maximum absolute atomic E-state index is 13.4. The van der Waals surface area contributed by atoms with Gasteiger partial charge in [-0.2, -0.15) is 5.10 Å². The Hall–Kier alpha value is -2.11. The fraction of sp³-hybridized carbons (Fsp3) is 0.250. The zero-order valence-electron chi connectivity index (χ0n) is 9.86. The molecule has 2 N–H and O–H groups in total. The SMILES string of the molecule is CCn1cc(COc2cc(F)c(N)cc2F)cn1. The van der Waals surface area contributed by atoms with Gasteiger partial charge in [0.25, 0.3) is 0 Å². The smallest absolute Gasteiger partial charge is 0.167 e. The van der Waals surface area contributed by atoms with Crippen LogP contribution in [0.4, 0.5) is 14.5 Å². The Kier molecular flexibility index (Phi) is 3.45. The number of nitrogen functional groups attached to an aromatic ring is 1. The van der Waals surface area contributed by atoms with Crippen molar-refractivity contribution in [2.45, 2.75) is 20.1 Å².